The van der Waals surface area contributed by atoms with Crippen molar-refractivity contribution in [2.45, 2.75) is 37.5 Å². The molecule has 10 aromatic rings. The number of nitrogens with zero attached hydrogens (tertiary/aromatic N) is 2. The van der Waals surface area contributed by atoms with E-state index in [0.717, 1.165) is 35.0 Å². The summed E-state index contributed by atoms with van der Waals surface area (Å²) in [7, 11) is 0. The highest BCUT2D eigenvalue weighted by Gasteiger charge is 2.61. The number of anilines is 3. The zero-order valence-electron chi connectivity index (χ0n) is 35.9. The Labute approximate surface area is 375 Å². The Morgan fingerprint density at radius 1 is 0.406 bits per heavy atom. The first-order valence-electron chi connectivity index (χ1n) is 23.5. The third-order valence-electron chi connectivity index (χ3n) is 16.2. The lowest BCUT2D eigenvalue weighted by molar-refractivity contribution is -0.0399. The van der Waals surface area contributed by atoms with Crippen molar-refractivity contribution in [3.63, 3.8) is 0 Å². The summed E-state index contributed by atoms with van der Waals surface area (Å²) in [5.41, 5.74) is 18.3. The Bertz CT molecular complexity index is 3420. The van der Waals surface area contributed by atoms with Gasteiger partial charge in [0.25, 0.3) is 0 Å². The summed E-state index contributed by atoms with van der Waals surface area (Å²) >= 11 is 0. The number of para-hydroxylation sites is 2. The molecular weight excluding hydrogens is 773 g/mol. The Morgan fingerprint density at radius 3 is 1.81 bits per heavy atom. The summed E-state index contributed by atoms with van der Waals surface area (Å²) in [6.45, 7) is 0. The molecule has 0 amide bonds. The van der Waals surface area contributed by atoms with Crippen molar-refractivity contribution in [2.24, 2.45) is 23.7 Å². The fourth-order valence-electron chi connectivity index (χ4n) is 13.9. The van der Waals surface area contributed by atoms with Crippen LogP contribution in [0.15, 0.2) is 206 Å². The number of rotatable bonds is 6. The van der Waals surface area contributed by atoms with E-state index in [2.05, 4.69) is 216 Å². The average molecular weight is 821 g/mol. The molecular formula is C62H48N2. The van der Waals surface area contributed by atoms with Gasteiger partial charge in [0, 0.05) is 38.6 Å². The molecule has 306 valence electrons. The van der Waals surface area contributed by atoms with Crippen LogP contribution in [-0.4, -0.2) is 4.57 Å². The zero-order chi connectivity index (χ0) is 41.9. The molecule has 2 heteroatoms. The van der Waals surface area contributed by atoms with Gasteiger partial charge in [0.1, 0.15) is 0 Å². The van der Waals surface area contributed by atoms with E-state index in [1.54, 1.807) is 11.1 Å². The van der Waals surface area contributed by atoms with Crippen molar-refractivity contribution < 1.29 is 0 Å². The largest absolute Gasteiger partial charge is 0.310 e. The highest BCUT2D eigenvalue weighted by Crippen LogP contribution is 2.69. The molecule has 5 aliphatic carbocycles. The van der Waals surface area contributed by atoms with Gasteiger partial charge in [-0.05, 0) is 166 Å². The summed E-state index contributed by atoms with van der Waals surface area (Å²) < 4.78 is 2.41. The lowest BCUT2D eigenvalue weighted by Gasteiger charge is -2.61. The van der Waals surface area contributed by atoms with Gasteiger partial charge in [0.15, 0.2) is 0 Å². The SMILES string of the molecule is c1ccc(-c2ccc(N(c3ccc4c(c3)c3ccccc3n4-c3ccccc3)c3cccc4cccc(-c5ccc6c(c5)-c5ccccc5C65C6CC7CC(C6)CC5C7)c34)cc2)cc1. The third kappa shape index (κ3) is 5.20. The minimum atomic E-state index is 0.160. The highest BCUT2D eigenvalue weighted by atomic mass is 15.1. The molecule has 0 atom stereocenters. The molecule has 5 aliphatic rings. The van der Waals surface area contributed by atoms with Crippen LogP contribution in [0.2, 0.25) is 0 Å². The van der Waals surface area contributed by atoms with Crippen LogP contribution >= 0.6 is 0 Å². The van der Waals surface area contributed by atoms with E-state index >= 15 is 0 Å². The van der Waals surface area contributed by atoms with Gasteiger partial charge in [-0.2, -0.15) is 0 Å². The summed E-state index contributed by atoms with van der Waals surface area (Å²) in [6, 6.07) is 77.5. The molecule has 4 saturated carbocycles. The smallest absolute Gasteiger partial charge is 0.0546 e. The van der Waals surface area contributed by atoms with Crippen molar-refractivity contribution in [3.05, 3.63) is 217 Å². The summed E-state index contributed by atoms with van der Waals surface area (Å²) in [6.07, 6.45) is 7.07. The molecule has 64 heavy (non-hydrogen) atoms. The van der Waals surface area contributed by atoms with Gasteiger partial charge >= 0.3 is 0 Å². The Kier molecular flexibility index (Phi) is 7.90. The number of hydrogen-bond donors (Lipinski definition) is 0. The maximum Gasteiger partial charge on any atom is 0.0546 e. The van der Waals surface area contributed by atoms with Gasteiger partial charge in [0.05, 0.1) is 16.7 Å². The van der Waals surface area contributed by atoms with Gasteiger partial charge < -0.3 is 9.47 Å². The number of fused-ring (bicyclic) bond motifs is 7. The molecule has 4 bridgehead atoms. The molecule has 15 rings (SSSR count). The minimum Gasteiger partial charge on any atom is -0.310 e. The lowest BCUT2D eigenvalue weighted by Crippen LogP contribution is -2.55. The maximum atomic E-state index is 2.57. The van der Waals surface area contributed by atoms with E-state index in [-0.39, 0.29) is 5.41 Å². The highest BCUT2D eigenvalue weighted by molar-refractivity contribution is 6.12. The second-order valence-electron chi connectivity index (χ2n) is 19.3. The van der Waals surface area contributed by atoms with Crippen LogP contribution in [-0.2, 0) is 5.41 Å². The van der Waals surface area contributed by atoms with E-state index in [1.807, 2.05) is 0 Å². The quantitative estimate of drug-likeness (QED) is 0.162. The molecule has 1 aromatic heterocycles. The van der Waals surface area contributed by atoms with Gasteiger partial charge in [-0.3, -0.25) is 0 Å². The van der Waals surface area contributed by atoms with E-state index in [9.17, 15) is 0 Å². The number of benzene rings is 9. The van der Waals surface area contributed by atoms with Crippen LogP contribution in [0.5, 0.6) is 0 Å². The van der Waals surface area contributed by atoms with Crippen LogP contribution in [0.3, 0.4) is 0 Å². The molecule has 1 heterocycles. The molecule has 0 saturated heterocycles. The molecule has 4 fully saturated rings. The predicted octanol–water partition coefficient (Wildman–Crippen LogP) is 16.5. The van der Waals surface area contributed by atoms with Crippen LogP contribution in [0.1, 0.15) is 43.2 Å². The third-order valence-corrected chi connectivity index (χ3v) is 16.2. The minimum absolute atomic E-state index is 0.160. The topological polar surface area (TPSA) is 8.17 Å². The Morgan fingerprint density at radius 2 is 1.02 bits per heavy atom. The maximum absolute atomic E-state index is 2.57. The molecule has 0 aliphatic heterocycles. The van der Waals surface area contributed by atoms with Crippen molar-refractivity contribution in [3.8, 4) is 39.1 Å². The van der Waals surface area contributed by atoms with E-state index in [0.29, 0.717) is 0 Å². The summed E-state index contributed by atoms with van der Waals surface area (Å²) in [5, 5.41) is 4.98. The predicted molar refractivity (Wildman–Crippen MR) is 267 cm³/mol. The average Bonchev–Trinajstić information content (AvgIpc) is 3.84. The summed E-state index contributed by atoms with van der Waals surface area (Å²) in [5.74, 6) is 3.36. The van der Waals surface area contributed by atoms with Crippen LogP contribution in [0, 0.1) is 23.7 Å². The molecule has 0 unspecified atom stereocenters. The summed E-state index contributed by atoms with van der Waals surface area (Å²) in [4.78, 5) is 2.50. The Balaban J connectivity index is 0.974. The molecule has 0 radical (unpaired) electrons. The van der Waals surface area contributed by atoms with Crippen molar-refractivity contribution in [1.29, 1.82) is 0 Å². The van der Waals surface area contributed by atoms with Crippen molar-refractivity contribution in [2.75, 3.05) is 4.90 Å². The zero-order valence-corrected chi connectivity index (χ0v) is 35.9. The first kappa shape index (κ1) is 36.3. The second-order valence-corrected chi connectivity index (χ2v) is 19.3. The first-order chi connectivity index (χ1) is 31.7. The normalized spacial score (nSPS) is 21.5. The van der Waals surface area contributed by atoms with E-state index < -0.39 is 0 Å². The Hall–Kier alpha value is -7.16. The standard InChI is InChI=1S/C62H48N2/c1-3-13-42(14-4-1)43-25-28-49(29-26-43)63(50-30-32-59-55(39-50)53-20-8-10-23-58(53)64(59)48-17-5-2-6-18-48)60-24-12-16-44-15-11-21-51(61(44)60)45-27-31-57-54(38-45)52-19-7-9-22-56(52)62(57)46-34-40-33-41(36-46)37-47(62)35-40/h1-32,38-41,46-47H,33-37H2. The van der Waals surface area contributed by atoms with Gasteiger partial charge in [-0.15, -0.1) is 0 Å². The van der Waals surface area contributed by atoms with Gasteiger partial charge in [-0.25, -0.2) is 0 Å². The molecule has 2 nitrogen and oxygen atoms in total. The second kappa shape index (κ2) is 13.9. The number of hydrogen-bond acceptors (Lipinski definition) is 1. The lowest BCUT2D eigenvalue weighted by atomic mass is 9.43. The van der Waals surface area contributed by atoms with Gasteiger partial charge in [-0.1, -0.05) is 146 Å². The monoisotopic (exact) mass is 820 g/mol. The number of aromatic nitrogens is 1. The van der Waals surface area contributed by atoms with E-state index in [4.69, 9.17) is 0 Å². The molecule has 1 spiro atoms. The first-order valence-corrected chi connectivity index (χ1v) is 23.5. The van der Waals surface area contributed by atoms with Crippen LogP contribution in [0.25, 0.3) is 71.6 Å². The van der Waals surface area contributed by atoms with Crippen LogP contribution < -0.4 is 4.90 Å². The fraction of sp³-hybridized carbons (Fsp3) is 0.161. The van der Waals surface area contributed by atoms with Gasteiger partial charge in [0.2, 0.25) is 0 Å². The van der Waals surface area contributed by atoms with Crippen LogP contribution in [0.4, 0.5) is 17.1 Å². The fourth-order valence-corrected chi connectivity index (χ4v) is 13.9. The molecule has 9 aromatic carbocycles. The van der Waals surface area contributed by atoms with Crippen molar-refractivity contribution >= 4 is 49.6 Å². The van der Waals surface area contributed by atoms with Crippen molar-refractivity contribution in [1.82, 2.24) is 4.57 Å². The van der Waals surface area contributed by atoms with E-state index in [1.165, 1.54) is 109 Å². The molecule has 0 N–H and O–H groups in total.